The molecular formula is C2H4NO. The first-order valence-corrected chi connectivity index (χ1v) is 0.954. The zero-order chi connectivity index (χ0) is 3.41. The standard InChI is InChI=1S/C2H4NO/c1-3-2-4/h1H3,(H,3,4). The van der Waals surface area contributed by atoms with Crippen molar-refractivity contribution >= 4 is 6.41 Å². The molecule has 1 amide bonds. The van der Waals surface area contributed by atoms with E-state index in [2.05, 4.69) is 5.32 Å². The predicted molar refractivity (Wildman–Crippen MR) is 14.8 cm³/mol. The first-order valence-electron chi connectivity index (χ1n) is 0.954. The van der Waals surface area contributed by atoms with Crippen molar-refractivity contribution in [3.63, 3.8) is 0 Å². The number of rotatable bonds is 1. The van der Waals surface area contributed by atoms with Gasteiger partial charge in [0.2, 0.25) is 0 Å². The molecule has 23 valence electrons. The van der Waals surface area contributed by atoms with Crippen LogP contribution in [-0.4, -0.2) is 13.5 Å². The second-order valence-corrected chi connectivity index (χ2v) is 0.352. The number of nitrogens with one attached hydrogen (secondary N) is 1. The zero-order valence-electron chi connectivity index (χ0n) is 2.41. The Balaban J connectivity index is 2.30. The molecule has 0 heterocycles. The van der Waals surface area contributed by atoms with Crippen LogP contribution < -0.4 is 5.32 Å². The molecule has 0 fully saturated rings. The minimum Gasteiger partial charge on any atom is -0.351 e. The third-order valence-corrected chi connectivity index (χ3v) is 0.102. The largest absolute Gasteiger partial charge is 0.351 e. The van der Waals surface area contributed by atoms with Crippen LogP contribution in [0.1, 0.15) is 0 Å². The fourth-order valence-electron chi connectivity index (χ4n) is 0. The molecule has 0 atom stereocenters. The zero-order valence-corrected chi connectivity index (χ0v) is 2.41. The van der Waals surface area contributed by atoms with Crippen molar-refractivity contribution in [2.75, 3.05) is 7.05 Å². The number of carbonyl (C=O) groups excluding carboxylic acids is 1. The molecule has 0 spiro atoms. The molecule has 4 heavy (non-hydrogen) atoms. The number of amides is 1. The van der Waals surface area contributed by atoms with Crippen LogP contribution >= 0.6 is 0 Å². The Bertz CT molecular complexity index is 20.0. The molecule has 0 aliphatic rings. The van der Waals surface area contributed by atoms with Crippen LogP contribution in [0.25, 0.3) is 0 Å². The van der Waals surface area contributed by atoms with Gasteiger partial charge in [-0.15, -0.1) is 0 Å². The Labute approximate surface area is 24.8 Å². The summed E-state index contributed by atoms with van der Waals surface area (Å²) in [5, 5.41) is 2.12. The minimum absolute atomic E-state index is 1.43. The van der Waals surface area contributed by atoms with Crippen LogP contribution in [0.4, 0.5) is 0 Å². The maximum absolute atomic E-state index is 8.94. The topological polar surface area (TPSA) is 29.1 Å². The van der Waals surface area contributed by atoms with E-state index in [4.69, 9.17) is 4.79 Å². The molecule has 0 unspecified atom stereocenters. The quantitative estimate of drug-likeness (QED) is 0.396. The molecule has 0 saturated heterocycles. The summed E-state index contributed by atoms with van der Waals surface area (Å²) in [7, 11) is 1.51. The van der Waals surface area contributed by atoms with Gasteiger partial charge < -0.3 is 5.32 Å². The van der Waals surface area contributed by atoms with Crippen molar-refractivity contribution in [1.82, 2.24) is 5.32 Å². The van der Waals surface area contributed by atoms with Gasteiger partial charge in [0.15, 0.2) is 0 Å². The van der Waals surface area contributed by atoms with Gasteiger partial charge in [0.25, 0.3) is 0 Å². The van der Waals surface area contributed by atoms with Crippen molar-refractivity contribution in [3.8, 4) is 0 Å². The fraction of sp³-hybridized carbons (Fsp3) is 0.500. The smallest absolute Gasteiger partial charge is 0.309 e. The monoisotopic (exact) mass is 58.0 g/mol. The van der Waals surface area contributed by atoms with Gasteiger partial charge in [-0.3, -0.25) is 4.79 Å². The molecule has 0 aliphatic carbocycles. The maximum Gasteiger partial charge on any atom is 0.309 e. The molecular weight excluding hydrogens is 54.0 g/mol. The SMILES string of the molecule is CN[C]=O. The van der Waals surface area contributed by atoms with Crippen LogP contribution in [0.5, 0.6) is 0 Å². The average Bonchev–Trinajstić information content (AvgIpc) is 1.37. The number of hydrogen-bond acceptors (Lipinski definition) is 1. The summed E-state index contributed by atoms with van der Waals surface area (Å²) in [4.78, 5) is 8.94. The summed E-state index contributed by atoms with van der Waals surface area (Å²) in [6, 6.07) is 0. The summed E-state index contributed by atoms with van der Waals surface area (Å²) in [5.41, 5.74) is 0. The molecule has 0 saturated carbocycles. The Morgan fingerprint density at radius 1 is 2.00 bits per heavy atom. The van der Waals surface area contributed by atoms with E-state index < -0.39 is 0 Å². The van der Waals surface area contributed by atoms with Crippen molar-refractivity contribution in [3.05, 3.63) is 0 Å². The van der Waals surface area contributed by atoms with Gasteiger partial charge in [0.05, 0.1) is 0 Å². The number of hydrogen-bond donors (Lipinski definition) is 1. The average molecular weight is 58.1 g/mol. The summed E-state index contributed by atoms with van der Waals surface area (Å²) >= 11 is 0. The van der Waals surface area contributed by atoms with Crippen LogP contribution in [0.2, 0.25) is 0 Å². The van der Waals surface area contributed by atoms with Gasteiger partial charge in [-0.2, -0.15) is 0 Å². The lowest BCUT2D eigenvalue weighted by Gasteiger charge is -1.61. The Morgan fingerprint density at radius 3 is 2.25 bits per heavy atom. The van der Waals surface area contributed by atoms with E-state index in [1.165, 1.54) is 13.5 Å². The van der Waals surface area contributed by atoms with E-state index in [1.807, 2.05) is 0 Å². The Hall–Kier alpha value is -0.530. The van der Waals surface area contributed by atoms with E-state index in [1.54, 1.807) is 0 Å². The van der Waals surface area contributed by atoms with Crippen LogP contribution in [-0.2, 0) is 4.79 Å². The van der Waals surface area contributed by atoms with Gasteiger partial charge in [-0.05, 0) is 0 Å². The fourth-order valence-corrected chi connectivity index (χ4v) is 0. The molecule has 0 aromatic rings. The summed E-state index contributed by atoms with van der Waals surface area (Å²) < 4.78 is 0. The van der Waals surface area contributed by atoms with E-state index in [0.29, 0.717) is 0 Å². The van der Waals surface area contributed by atoms with E-state index in [0.717, 1.165) is 0 Å². The van der Waals surface area contributed by atoms with Crippen molar-refractivity contribution < 1.29 is 4.79 Å². The highest BCUT2D eigenvalue weighted by Gasteiger charge is 1.47. The van der Waals surface area contributed by atoms with Crippen LogP contribution in [0.15, 0.2) is 0 Å². The highest BCUT2D eigenvalue weighted by Crippen LogP contribution is 1.10. The van der Waals surface area contributed by atoms with Crippen LogP contribution in [0, 0.1) is 0 Å². The lowest BCUT2D eigenvalue weighted by atomic mass is 11.2. The molecule has 0 bridgehead atoms. The summed E-state index contributed by atoms with van der Waals surface area (Å²) in [6.45, 7) is 0. The summed E-state index contributed by atoms with van der Waals surface area (Å²) in [5.74, 6) is 0. The second-order valence-electron chi connectivity index (χ2n) is 0.352. The van der Waals surface area contributed by atoms with Gasteiger partial charge >= 0.3 is 6.41 Å². The molecule has 0 rings (SSSR count). The molecule has 1 radical (unpaired) electrons. The van der Waals surface area contributed by atoms with E-state index >= 15 is 0 Å². The van der Waals surface area contributed by atoms with Gasteiger partial charge in [-0.1, -0.05) is 0 Å². The van der Waals surface area contributed by atoms with E-state index in [-0.39, 0.29) is 0 Å². The molecule has 1 N–H and O–H groups in total. The molecule has 0 aliphatic heterocycles. The van der Waals surface area contributed by atoms with Crippen LogP contribution in [0.3, 0.4) is 0 Å². The highest BCUT2D eigenvalue weighted by molar-refractivity contribution is 5.46. The van der Waals surface area contributed by atoms with E-state index in [9.17, 15) is 0 Å². The Kier molecular flexibility index (Phi) is 2.14. The minimum atomic E-state index is 1.43. The summed E-state index contributed by atoms with van der Waals surface area (Å²) in [6.07, 6.45) is 1.43. The highest BCUT2D eigenvalue weighted by atomic mass is 16.1. The lowest BCUT2D eigenvalue weighted by molar-refractivity contribution is 0.548. The molecule has 2 nitrogen and oxygen atoms in total. The van der Waals surface area contributed by atoms with Gasteiger partial charge in [-0.25, -0.2) is 0 Å². The first kappa shape index (κ1) is 3.47. The Morgan fingerprint density at radius 2 is 2.25 bits per heavy atom. The van der Waals surface area contributed by atoms with Crippen molar-refractivity contribution in [1.29, 1.82) is 0 Å². The predicted octanol–water partition coefficient (Wildman–Crippen LogP) is -0.727. The third-order valence-electron chi connectivity index (χ3n) is 0.102. The molecule has 0 aromatic carbocycles. The second kappa shape index (κ2) is 2.47. The first-order chi connectivity index (χ1) is 1.91. The van der Waals surface area contributed by atoms with Crippen molar-refractivity contribution in [2.24, 2.45) is 0 Å². The van der Waals surface area contributed by atoms with Gasteiger partial charge in [0, 0.05) is 7.05 Å². The molecule has 0 aromatic heterocycles. The third kappa shape index (κ3) is 1.47. The normalized spacial score (nSPS) is 5.25. The molecule has 2 heteroatoms. The van der Waals surface area contributed by atoms with Gasteiger partial charge in [0.1, 0.15) is 0 Å². The van der Waals surface area contributed by atoms with Crippen molar-refractivity contribution in [2.45, 2.75) is 0 Å². The maximum atomic E-state index is 8.94. The lowest BCUT2D eigenvalue weighted by Crippen LogP contribution is -1.97.